The van der Waals surface area contributed by atoms with E-state index in [1.54, 1.807) is 0 Å². The maximum absolute atomic E-state index is 2.48. The Balaban J connectivity index is 1.09. The molecule has 0 saturated heterocycles. The number of nitrogens with zero attached hydrogens (tertiary/aromatic N) is 1. The van der Waals surface area contributed by atoms with E-state index in [2.05, 4.69) is 229 Å². The van der Waals surface area contributed by atoms with Crippen LogP contribution in [0.4, 0.5) is 17.1 Å². The second-order valence-corrected chi connectivity index (χ2v) is 15.9. The summed E-state index contributed by atoms with van der Waals surface area (Å²) in [4.78, 5) is 2.48. The second kappa shape index (κ2) is 14.4. The first-order valence-corrected chi connectivity index (χ1v) is 20.7. The summed E-state index contributed by atoms with van der Waals surface area (Å²) in [7, 11) is 0. The van der Waals surface area contributed by atoms with Crippen LogP contribution in [-0.2, 0) is 0 Å². The van der Waals surface area contributed by atoms with Gasteiger partial charge in [0.2, 0.25) is 0 Å². The van der Waals surface area contributed by atoms with Crippen molar-refractivity contribution >= 4 is 70.1 Å². The van der Waals surface area contributed by atoms with Crippen LogP contribution in [0.1, 0.15) is 0 Å². The fourth-order valence-corrected chi connectivity index (χ4v) is 9.95. The summed E-state index contributed by atoms with van der Waals surface area (Å²) in [6.45, 7) is 0. The summed E-state index contributed by atoms with van der Waals surface area (Å²) in [5, 5.41) is 7.61. The molecule has 0 amide bonds. The van der Waals surface area contributed by atoms with Crippen LogP contribution in [0.5, 0.6) is 0 Å². The van der Waals surface area contributed by atoms with Gasteiger partial charge in [-0.15, -0.1) is 11.3 Å². The van der Waals surface area contributed by atoms with E-state index >= 15 is 0 Å². The molecule has 11 aromatic rings. The molecule has 0 radical (unpaired) electrons. The Morgan fingerprint density at radius 2 is 0.897 bits per heavy atom. The Morgan fingerprint density at radius 3 is 1.72 bits per heavy atom. The normalized spacial score (nSPS) is 11.4. The lowest BCUT2D eigenvalue weighted by Crippen LogP contribution is -2.11. The van der Waals surface area contributed by atoms with Gasteiger partial charge in [0.25, 0.3) is 0 Å². The number of para-hydroxylation sites is 1. The Morgan fingerprint density at radius 1 is 0.293 bits per heavy atom. The summed E-state index contributed by atoms with van der Waals surface area (Å²) in [6.07, 6.45) is 0. The monoisotopic (exact) mass is 755 g/mol. The number of fused-ring (bicyclic) bond motifs is 6. The van der Waals surface area contributed by atoms with E-state index in [1.807, 2.05) is 11.3 Å². The molecular formula is C56H37NS. The first-order chi connectivity index (χ1) is 28.8. The summed E-state index contributed by atoms with van der Waals surface area (Å²) in [6, 6.07) is 81.9. The average Bonchev–Trinajstić information content (AvgIpc) is 3.69. The molecule has 10 aromatic carbocycles. The highest BCUT2D eigenvalue weighted by Gasteiger charge is 2.22. The van der Waals surface area contributed by atoms with Crippen LogP contribution in [0.3, 0.4) is 0 Å². The second-order valence-electron chi connectivity index (χ2n) is 14.8. The molecule has 0 bridgehead atoms. The van der Waals surface area contributed by atoms with Gasteiger partial charge in [-0.1, -0.05) is 188 Å². The summed E-state index contributed by atoms with van der Waals surface area (Å²) >= 11 is 1.87. The standard InChI is InChI=1S/C56H37NS/c1-3-15-39(16-4-1)45-35-32-42(37-52(45)40-17-5-2-6-18-40)38-29-33-43(34-30-38)57(54-27-14-25-51-50-22-10-12-28-55(50)58-56(51)54)53-26-11-9-21-49(53)47-24-13-23-46-44-20-8-7-19-41(44)31-36-48(46)47/h1-37H. The molecule has 1 nitrogen and oxygen atoms in total. The lowest BCUT2D eigenvalue weighted by molar-refractivity contribution is 1.30. The van der Waals surface area contributed by atoms with Crippen molar-refractivity contribution in [2.24, 2.45) is 0 Å². The predicted octanol–water partition coefficient (Wildman–Crippen LogP) is 16.5. The molecule has 58 heavy (non-hydrogen) atoms. The molecule has 0 fully saturated rings. The third-order valence-electron chi connectivity index (χ3n) is 11.5. The molecule has 1 heterocycles. The minimum absolute atomic E-state index is 1.11. The molecule has 272 valence electrons. The molecule has 2 heteroatoms. The van der Waals surface area contributed by atoms with E-state index in [0.29, 0.717) is 0 Å². The molecule has 11 rings (SSSR count). The van der Waals surface area contributed by atoms with Gasteiger partial charge in [0, 0.05) is 26.7 Å². The van der Waals surface area contributed by atoms with Crippen LogP contribution in [-0.4, -0.2) is 0 Å². The number of benzene rings is 10. The summed E-state index contributed by atoms with van der Waals surface area (Å²) in [5.74, 6) is 0. The number of anilines is 3. The number of hydrogen-bond donors (Lipinski definition) is 0. The van der Waals surface area contributed by atoms with Gasteiger partial charge in [0.1, 0.15) is 0 Å². The highest BCUT2D eigenvalue weighted by atomic mass is 32.1. The third-order valence-corrected chi connectivity index (χ3v) is 12.7. The Hall–Kier alpha value is -7.26. The zero-order valence-corrected chi connectivity index (χ0v) is 32.5. The quantitative estimate of drug-likeness (QED) is 0.146. The van der Waals surface area contributed by atoms with Crippen molar-refractivity contribution in [1.82, 2.24) is 0 Å². The first kappa shape index (κ1) is 34.0. The SMILES string of the molecule is c1ccc(-c2ccc(-c3ccc(N(c4ccccc4-c4cccc5c4ccc4ccccc45)c4cccc5c4sc4ccccc45)cc3)cc2-c2ccccc2)cc1. The topological polar surface area (TPSA) is 3.24 Å². The van der Waals surface area contributed by atoms with Gasteiger partial charge in [0.05, 0.1) is 16.1 Å². The first-order valence-electron chi connectivity index (χ1n) is 19.8. The molecule has 0 saturated carbocycles. The Labute approximate surface area is 342 Å². The van der Waals surface area contributed by atoms with Crippen LogP contribution in [0, 0.1) is 0 Å². The highest BCUT2D eigenvalue weighted by molar-refractivity contribution is 7.26. The van der Waals surface area contributed by atoms with E-state index < -0.39 is 0 Å². The summed E-state index contributed by atoms with van der Waals surface area (Å²) < 4.78 is 2.57. The van der Waals surface area contributed by atoms with Gasteiger partial charge >= 0.3 is 0 Å². The lowest BCUT2D eigenvalue weighted by Gasteiger charge is -2.29. The van der Waals surface area contributed by atoms with Crippen LogP contribution in [0.15, 0.2) is 224 Å². The van der Waals surface area contributed by atoms with Gasteiger partial charge in [-0.25, -0.2) is 0 Å². The minimum Gasteiger partial charge on any atom is -0.308 e. The maximum atomic E-state index is 2.48. The molecule has 0 aliphatic rings. The van der Waals surface area contributed by atoms with Crippen molar-refractivity contribution in [3.05, 3.63) is 224 Å². The van der Waals surface area contributed by atoms with E-state index in [4.69, 9.17) is 0 Å². The van der Waals surface area contributed by atoms with Gasteiger partial charge in [-0.2, -0.15) is 0 Å². The van der Waals surface area contributed by atoms with E-state index in [0.717, 1.165) is 11.4 Å². The average molecular weight is 756 g/mol. The molecule has 1 aromatic heterocycles. The molecular weight excluding hydrogens is 719 g/mol. The molecule has 0 spiro atoms. The molecule has 0 aliphatic heterocycles. The number of hydrogen-bond acceptors (Lipinski definition) is 2. The number of thiophene rings is 1. The van der Waals surface area contributed by atoms with Gasteiger partial charge < -0.3 is 4.90 Å². The van der Waals surface area contributed by atoms with Crippen LogP contribution in [0.25, 0.3) is 86.2 Å². The zero-order chi connectivity index (χ0) is 38.4. The van der Waals surface area contributed by atoms with Crippen molar-refractivity contribution in [2.75, 3.05) is 4.90 Å². The van der Waals surface area contributed by atoms with Crippen LogP contribution < -0.4 is 4.90 Å². The van der Waals surface area contributed by atoms with E-state index in [-0.39, 0.29) is 0 Å². The fraction of sp³-hybridized carbons (Fsp3) is 0. The smallest absolute Gasteiger partial charge is 0.0640 e. The van der Waals surface area contributed by atoms with Crippen LogP contribution in [0.2, 0.25) is 0 Å². The molecule has 0 atom stereocenters. The van der Waals surface area contributed by atoms with Gasteiger partial charge in [-0.3, -0.25) is 0 Å². The lowest BCUT2D eigenvalue weighted by atomic mass is 9.91. The highest BCUT2D eigenvalue weighted by Crippen LogP contribution is 2.48. The largest absolute Gasteiger partial charge is 0.308 e. The van der Waals surface area contributed by atoms with Gasteiger partial charge in [0.15, 0.2) is 0 Å². The fourth-order valence-electron chi connectivity index (χ4n) is 8.74. The molecule has 0 unspecified atom stereocenters. The number of rotatable bonds is 7. The van der Waals surface area contributed by atoms with Crippen molar-refractivity contribution < 1.29 is 0 Å². The van der Waals surface area contributed by atoms with Crippen LogP contribution >= 0.6 is 11.3 Å². The predicted molar refractivity (Wildman–Crippen MR) is 251 cm³/mol. The molecule has 0 N–H and O–H groups in total. The van der Waals surface area contributed by atoms with Crippen molar-refractivity contribution in [1.29, 1.82) is 0 Å². The third kappa shape index (κ3) is 5.86. The minimum atomic E-state index is 1.11. The van der Waals surface area contributed by atoms with Crippen molar-refractivity contribution in [3.63, 3.8) is 0 Å². The Kier molecular flexibility index (Phi) is 8.42. The maximum Gasteiger partial charge on any atom is 0.0640 e. The Bertz CT molecular complexity index is 3270. The summed E-state index contributed by atoms with van der Waals surface area (Å²) in [5.41, 5.74) is 13.1. The molecule has 0 aliphatic carbocycles. The van der Waals surface area contributed by atoms with E-state index in [1.165, 1.54) is 91.9 Å². The van der Waals surface area contributed by atoms with Crippen molar-refractivity contribution in [3.8, 4) is 44.5 Å². The van der Waals surface area contributed by atoms with Gasteiger partial charge in [-0.05, 0) is 96.9 Å². The van der Waals surface area contributed by atoms with E-state index in [9.17, 15) is 0 Å². The van der Waals surface area contributed by atoms with Crippen molar-refractivity contribution in [2.45, 2.75) is 0 Å². The zero-order valence-electron chi connectivity index (χ0n) is 31.7.